The lowest BCUT2D eigenvalue weighted by Crippen LogP contribution is -2.22. The van der Waals surface area contributed by atoms with Gasteiger partial charge in [-0.25, -0.2) is 4.39 Å². The van der Waals surface area contributed by atoms with Gasteiger partial charge in [0.15, 0.2) is 0 Å². The van der Waals surface area contributed by atoms with Crippen molar-refractivity contribution in [1.82, 2.24) is 9.88 Å². The summed E-state index contributed by atoms with van der Waals surface area (Å²) in [5.74, 6) is -0.859. The second kappa shape index (κ2) is 4.96. The molecule has 0 saturated carbocycles. The summed E-state index contributed by atoms with van der Waals surface area (Å²) in [5.41, 5.74) is 1.11. The van der Waals surface area contributed by atoms with Gasteiger partial charge in [0.25, 0.3) is 5.91 Å². The smallest absolute Gasteiger partial charge is 0.256 e. The maximum absolute atomic E-state index is 14.3. The third-order valence-corrected chi connectivity index (χ3v) is 2.61. The Bertz CT molecular complexity index is 567. The van der Waals surface area contributed by atoms with Crippen LogP contribution in [-0.4, -0.2) is 29.9 Å². The molecule has 0 N–H and O–H groups in total. The van der Waals surface area contributed by atoms with Crippen LogP contribution < -0.4 is 0 Å². The van der Waals surface area contributed by atoms with Crippen molar-refractivity contribution in [3.8, 4) is 11.1 Å². The molecule has 0 unspecified atom stereocenters. The van der Waals surface area contributed by atoms with Crippen LogP contribution >= 0.6 is 0 Å². The Balaban J connectivity index is 2.52. The van der Waals surface area contributed by atoms with Crippen molar-refractivity contribution in [3.63, 3.8) is 0 Å². The molecule has 0 aliphatic rings. The van der Waals surface area contributed by atoms with Gasteiger partial charge >= 0.3 is 0 Å². The largest absolute Gasteiger partial charge is 0.345 e. The van der Waals surface area contributed by atoms with E-state index in [1.54, 1.807) is 50.8 Å². The maximum atomic E-state index is 14.3. The molecule has 18 heavy (non-hydrogen) atoms. The Morgan fingerprint density at radius 2 is 2.00 bits per heavy atom. The fourth-order valence-electron chi connectivity index (χ4n) is 1.68. The topological polar surface area (TPSA) is 33.2 Å². The number of carbonyl (C=O) groups is 1. The first-order valence-corrected chi connectivity index (χ1v) is 5.52. The highest BCUT2D eigenvalue weighted by molar-refractivity contribution is 5.95. The predicted octanol–water partition coefficient (Wildman–Crippen LogP) is 2.59. The van der Waals surface area contributed by atoms with E-state index in [1.165, 1.54) is 11.0 Å². The van der Waals surface area contributed by atoms with Crippen molar-refractivity contribution in [1.29, 1.82) is 0 Å². The number of amides is 1. The first kappa shape index (κ1) is 12.2. The molecule has 1 aromatic carbocycles. The molecule has 2 rings (SSSR count). The van der Waals surface area contributed by atoms with E-state index in [0.29, 0.717) is 11.1 Å². The molecule has 3 nitrogen and oxygen atoms in total. The fraction of sp³-hybridized carbons (Fsp3) is 0.143. The minimum absolute atomic E-state index is 0.0707. The SMILES string of the molecule is CN(C)C(=O)c1cccc(-c2cccnc2)c1F. The van der Waals surface area contributed by atoms with E-state index in [2.05, 4.69) is 4.98 Å². The van der Waals surface area contributed by atoms with Crippen LogP contribution in [0.2, 0.25) is 0 Å². The zero-order valence-electron chi connectivity index (χ0n) is 10.2. The number of halogens is 1. The summed E-state index contributed by atoms with van der Waals surface area (Å²) in [7, 11) is 3.19. The monoisotopic (exact) mass is 244 g/mol. The Morgan fingerprint density at radius 1 is 1.22 bits per heavy atom. The van der Waals surface area contributed by atoms with Crippen LogP contribution in [0.3, 0.4) is 0 Å². The molecule has 0 radical (unpaired) electrons. The highest BCUT2D eigenvalue weighted by Crippen LogP contribution is 2.24. The Kier molecular flexibility index (Phi) is 3.37. The molecular formula is C14H13FN2O. The lowest BCUT2D eigenvalue weighted by Gasteiger charge is -2.12. The molecule has 0 bridgehead atoms. The van der Waals surface area contributed by atoms with E-state index in [-0.39, 0.29) is 11.5 Å². The van der Waals surface area contributed by atoms with Crippen LogP contribution in [0, 0.1) is 5.82 Å². The molecule has 0 spiro atoms. The van der Waals surface area contributed by atoms with Gasteiger partial charge in [-0.15, -0.1) is 0 Å². The van der Waals surface area contributed by atoms with E-state index in [4.69, 9.17) is 0 Å². The van der Waals surface area contributed by atoms with Gasteiger partial charge in [-0.2, -0.15) is 0 Å². The Labute approximate surface area is 105 Å². The fourth-order valence-corrected chi connectivity index (χ4v) is 1.68. The van der Waals surface area contributed by atoms with Crippen molar-refractivity contribution >= 4 is 5.91 Å². The van der Waals surface area contributed by atoms with E-state index in [1.807, 2.05) is 0 Å². The number of benzene rings is 1. The molecule has 92 valence electrons. The van der Waals surface area contributed by atoms with Crippen molar-refractivity contribution in [2.75, 3.05) is 14.1 Å². The number of hydrogen-bond donors (Lipinski definition) is 0. The Hall–Kier alpha value is -2.23. The molecule has 1 heterocycles. The van der Waals surface area contributed by atoms with Crippen molar-refractivity contribution in [2.45, 2.75) is 0 Å². The van der Waals surface area contributed by atoms with Crippen molar-refractivity contribution in [3.05, 3.63) is 54.1 Å². The molecule has 0 fully saturated rings. The molecule has 0 atom stereocenters. The highest BCUT2D eigenvalue weighted by atomic mass is 19.1. The van der Waals surface area contributed by atoms with Gasteiger partial charge in [-0.3, -0.25) is 9.78 Å². The number of carbonyl (C=O) groups excluding carboxylic acids is 1. The molecule has 0 aliphatic heterocycles. The molecule has 0 saturated heterocycles. The third-order valence-electron chi connectivity index (χ3n) is 2.61. The van der Waals surface area contributed by atoms with Crippen LogP contribution in [-0.2, 0) is 0 Å². The van der Waals surface area contributed by atoms with Crippen molar-refractivity contribution in [2.24, 2.45) is 0 Å². The van der Waals surface area contributed by atoms with Crippen LogP contribution in [0.15, 0.2) is 42.7 Å². The molecule has 1 aromatic heterocycles. The van der Waals surface area contributed by atoms with Crippen LogP contribution in [0.1, 0.15) is 10.4 Å². The molecular weight excluding hydrogens is 231 g/mol. The van der Waals surface area contributed by atoms with E-state index < -0.39 is 5.82 Å². The first-order chi connectivity index (χ1) is 8.61. The zero-order chi connectivity index (χ0) is 13.1. The van der Waals surface area contributed by atoms with E-state index in [9.17, 15) is 9.18 Å². The van der Waals surface area contributed by atoms with Crippen LogP contribution in [0.4, 0.5) is 4.39 Å². The average molecular weight is 244 g/mol. The van der Waals surface area contributed by atoms with Crippen LogP contribution in [0.25, 0.3) is 11.1 Å². The van der Waals surface area contributed by atoms with Gasteiger partial charge in [-0.05, 0) is 12.1 Å². The van der Waals surface area contributed by atoms with Gasteiger partial charge in [-0.1, -0.05) is 18.2 Å². The molecule has 0 aliphatic carbocycles. The Morgan fingerprint density at radius 3 is 2.61 bits per heavy atom. The standard InChI is InChI=1S/C14H13FN2O/c1-17(2)14(18)12-7-3-6-11(13(12)15)10-5-4-8-16-9-10/h3-9H,1-2H3. The third kappa shape index (κ3) is 2.22. The predicted molar refractivity (Wildman–Crippen MR) is 67.6 cm³/mol. The van der Waals surface area contributed by atoms with Gasteiger partial charge < -0.3 is 4.90 Å². The number of rotatable bonds is 2. The summed E-state index contributed by atoms with van der Waals surface area (Å²) in [6.07, 6.45) is 3.19. The quantitative estimate of drug-likeness (QED) is 0.813. The summed E-state index contributed by atoms with van der Waals surface area (Å²) in [5, 5.41) is 0. The van der Waals surface area contributed by atoms with Crippen LogP contribution in [0.5, 0.6) is 0 Å². The number of nitrogens with zero attached hydrogens (tertiary/aromatic N) is 2. The minimum atomic E-state index is -0.510. The number of pyridine rings is 1. The van der Waals surface area contributed by atoms with E-state index >= 15 is 0 Å². The van der Waals surface area contributed by atoms with E-state index in [0.717, 1.165) is 0 Å². The summed E-state index contributed by atoms with van der Waals surface area (Å²) in [6.45, 7) is 0. The number of hydrogen-bond acceptors (Lipinski definition) is 2. The minimum Gasteiger partial charge on any atom is -0.345 e. The van der Waals surface area contributed by atoms with Gasteiger partial charge in [0.1, 0.15) is 5.82 Å². The average Bonchev–Trinajstić information content (AvgIpc) is 2.39. The summed E-state index contributed by atoms with van der Waals surface area (Å²) < 4.78 is 14.3. The maximum Gasteiger partial charge on any atom is 0.256 e. The lowest BCUT2D eigenvalue weighted by molar-refractivity contribution is 0.0823. The molecule has 2 aromatic rings. The number of aromatic nitrogens is 1. The highest BCUT2D eigenvalue weighted by Gasteiger charge is 2.17. The second-order valence-corrected chi connectivity index (χ2v) is 4.11. The van der Waals surface area contributed by atoms with Gasteiger partial charge in [0.05, 0.1) is 5.56 Å². The first-order valence-electron chi connectivity index (χ1n) is 5.52. The molecule has 4 heteroatoms. The van der Waals surface area contributed by atoms with Gasteiger partial charge in [0, 0.05) is 37.6 Å². The summed E-state index contributed by atoms with van der Waals surface area (Å²) >= 11 is 0. The van der Waals surface area contributed by atoms with Crippen molar-refractivity contribution < 1.29 is 9.18 Å². The summed E-state index contributed by atoms with van der Waals surface area (Å²) in [6, 6.07) is 8.28. The van der Waals surface area contributed by atoms with Gasteiger partial charge in [0.2, 0.25) is 0 Å². The second-order valence-electron chi connectivity index (χ2n) is 4.11. The summed E-state index contributed by atoms with van der Waals surface area (Å²) in [4.78, 5) is 17.1. The molecule has 1 amide bonds. The lowest BCUT2D eigenvalue weighted by atomic mass is 10.0. The normalized spacial score (nSPS) is 10.2. The zero-order valence-corrected chi connectivity index (χ0v) is 10.2.